The summed E-state index contributed by atoms with van der Waals surface area (Å²) in [5.41, 5.74) is 7.44. The smallest absolute Gasteiger partial charge is 0.405 e. The van der Waals surface area contributed by atoms with Gasteiger partial charge < -0.3 is 25.8 Å². The maximum atomic E-state index is 12.9. The van der Waals surface area contributed by atoms with Gasteiger partial charge in [0.2, 0.25) is 0 Å². The van der Waals surface area contributed by atoms with Gasteiger partial charge in [-0.25, -0.2) is 9.78 Å². The molecule has 0 radical (unpaired) electrons. The molecule has 0 aliphatic rings. The molecule has 10 heteroatoms. The zero-order valence-electron chi connectivity index (χ0n) is 18.2. The number of nitrogens with two attached hydrogens (primary N) is 1. The van der Waals surface area contributed by atoms with Crippen molar-refractivity contribution in [2.75, 3.05) is 11.9 Å². The summed E-state index contributed by atoms with van der Waals surface area (Å²) >= 11 is 1.54. The first-order chi connectivity index (χ1) is 15.9. The third-order valence-corrected chi connectivity index (χ3v) is 5.34. The largest absolute Gasteiger partial charge is 0.493 e. The van der Waals surface area contributed by atoms with Gasteiger partial charge in [0.15, 0.2) is 6.10 Å². The van der Waals surface area contributed by atoms with Crippen LogP contribution in [0.5, 0.6) is 5.75 Å². The molecule has 3 aromatic rings. The highest BCUT2D eigenvalue weighted by molar-refractivity contribution is 7.13. The lowest BCUT2D eigenvalue weighted by atomic mass is 10.1. The molecule has 1 atom stereocenters. The molecule has 1 unspecified atom stereocenters. The Balaban J connectivity index is 1.73. The Morgan fingerprint density at radius 3 is 2.70 bits per heavy atom. The van der Waals surface area contributed by atoms with Crippen molar-refractivity contribution in [3.63, 3.8) is 0 Å². The van der Waals surface area contributed by atoms with E-state index in [0.29, 0.717) is 24.6 Å². The van der Waals surface area contributed by atoms with Crippen LogP contribution in [-0.4, -0.2) is 35.6 Å². The van der Waals surface area contributed by atoms with Crippen LogP contribution in [0.1, 0.15) is 29.8 Å². The van der Waals surface area contributed by atoms with Gasteiger partial charge in [0.05, 0.1) is 12.2 Å². The van der Waals surface area contributed by atoms with Gasteiger partial charge in [-0.05, 0) is 43.7 Å². The third kappa shape index (κ3) is 6.53. The number of thiazole rings is 1. The predicted octanol–water partition coefficient (Wildman–Crippen LogP) is 3.56. The molecule has 2 aromatic carbocycles. The summed E-state index contributed by atoms with van der Waals surface area (Å²) in [6, 6.07) is 12.4. The van der Waals surface area contributed by atoms with Crippen molar-refractivity contribution >= 4 is 34.9 Å². The summed E-state index contributed by atoms with van der Waals surface area (Å²) < 4.78 is 10.2. The predicted molar refractivity (Wildman–Crippen MR) is 125 cm³/mol. The van der Waals surface area contributed by atoms with Crippen LogP contribution in [0, 0.1) is 0 Å². The lowest BCUT2D eigenvalue weighted by Crippen LogP contribution is -2.32. The summed E-state index contributed by atoms with van der Waals surface area (Å²) in [6.45, 7) is 3.86. The highest BCUT2D eigenvalue weighted by Gasteiger charge is 2.19. The van der Waals surface area contributed by atoms with E-state index in [4.69, 9.17) is 10.5 Å². The summed E-state index contributed by atoms with van der Waals surface area (Å²) in [4.78, 5) is 40.3. The molecule has 4 N–H and O–H groups in total. The van der Waals surface area contributed by atoms with Crippen LogP contribution >= 0.6 is 11.3 Å². The summed E-state index contributed by atoms with van der Waals surface area (Å²) in [7, 11) is 0. The summed E-state index contributed by atoms with van der Waals surface area (Å²) in [5.74, 6) is -0.565. The lowest BCUT2D eigenvalue weighted by molar-refractivity contribution is -0.123. The summed E-state index contributed by atoms with van der Waals surface area (Å²) in [5, 5.41) is 8.29. The van der Waals surface area contributed by atoms with Crippen LogP contribution in [0.2, 0.25) is 0 Å². The molecule has 0 bridgehead atoms. The molecule has 1 aromatic heterocycles. The fourth-order valence-electron chi connectivity index (χ4n) is 3.00. The Morgan fingerprint density at radius 1 is 1.18 bits per heavy atom. The van der Waals surface area contributed by atoms with Gasteiger partial charge in [-0.15, -0.1) is 11.3 Å². The molecule has 33 heavy (non-hydrogen) atoms. The molecule has 0 saturated carbocycles. The SMILES string of the molecule is CCOc1ccc(NC(=O)C(C)OC(N)=O)cc1C(=O)NCc1cccc(-c2nccs2)c1. The number of primary amides is 1. The number of nitrogens with one attached hydrogen (secondary N) is 2. The molecule has 0 aliphatic heterocycles. The van der Waals surface area contributed by atoms with Crippen LogP contribution in [0.25, 0.3) is 10.6 Å². The lowest BCUT2D eigenvalue weighted by Gasteiger charge is -2.15. The molecular weight excluding hydrogens is 444 g/mol. The van der Waals surface area contributed by atoms with Crippen molar-refractivity contribution in [3.05, 3.63) is 65.2 Å². The van der Waals surface area contributed by atoms with E-state index in [0.717, 1.165) is 16.1 Å². The van der Waals surface area contributed by atoms with E-state index < -0.39 is 18.1 Å². The minimum atomic E-state index is -1.09. The number of carbonyl (C=O) groups is 3. The quantitative estimate of drug-likeness (QED) is 0.440. The van der Waals surface area contributed by atoms with Gasteiger partial charge in [-0.3, -0.25) is 9.59 Å². The number of rotatable bonds is 9. The first-order valence-corrected chi connectivity index (χ1v) is 11.1. The van der Waals surface area contributed by atoms with E-state index in [1.165, 1.54) is 13.0 Å². The number of ether oxygens (including phenoxy) is 2. The van der Waals surface area contributed by atoms with E-state index in [1.54, 1.807) is 29.7 Å². The topological polar surface area (TPSA) is 133 Å². The van der Waals surface area contributed by atoms with Crippen molar-refractivity contribution in [2.24, 2.45) is 5.73 Å². The number of benzene rings is 2. The zero-order valence-corrected chi connectivity index (χ0v) is 19.0. The van der Waals surface area contributed by atoms with Gasteiger partial charge in [0.1, 0.15) is 10.8 Å². The maximum absolute atomic E-state index is 12.9. The number of amides is 3. The second-order valence-electron chi connectivity index (χ2n) is 6.93. The monoisotopic (exact) mass is 468 g/mol. The molecule has 0 aliphatic carbocycles. The zero-order chi connectivity index (χ0) is 23.8. The minimum Gasteiger partial charge on any atom is -0.493 e. The van der Waals surface area contributed by atoms with Crippen LogP contribution in [0.4, 0.5) is 10.5 Å². The van der Waals surface area contributed by atoms with Crippen molar-refractivity contribution in [1.29, 1.82) is 0 Å². The third-order valence-electron chi connectivity index (χ3n) is 4.51. The standard InChI is InChI=1S/C23H24N4O5S/c1-3-31-19-8-7-17(27-20(28)14(2)32-23(24)30)12-18(19)21(29)26-13-15-5-4-6-16(11-15)22-25-9-10-33-22/h4-12,14H,3,13H2,1-2H3,(H2,24,30)(H,26,29)(H,27,28). The van der Waals surface area contributed by atoms with E-state index in [2.05, 4.69) is 20.4 Å². The van der Waals surface area contributed by atoms with Gasteiger partial charge in [0, 0.05) is 29.4 Å². The molecule has 172 valence electrons. The normalized spacial score (nSPS) is 11.3. The van der Waals surface area contributed by atoms with Crippen LogP contribution < -0.4 is 21.1 Å². The average Bonchev–Trinajstić information content (AvgIpc) is 3.33. The molecule has 1 heterocycles. The fraction of sp³-hybridized carbons (Fsp3) is 0.217. The Labute approximate surface area is 194 Å². The van der Waals surface area contributed by atoms with E-state index in [-0.39, 0.29) is 11.5 Å². The van der Waals surface area contributed by atoms with Gasteiger partial charge in [0.25, 0.3) is 11.8 Å². The Bertz CT molecular complexity index is 1130. The highest BCUT2D eigenvalue weighted by atomic mass is 32.1. The molecule has 0 saturated heterocycles. The first kappa shape index (κ1) is 23.7. The van der Waals surface area contributed by atoms with Crippen molar-refractivity contribution < 1.29 is 23.9 Å². The Kier molecular flexibility index (Phi) is 7.98. The van der Waals surface area contributed by atoms with E-state index >= 15 is 0 Å². The first-order valence-electron chi connectivity index (χ1n) is 10.2. The average molecular weight is 469 g/mol. The highest BCUT2D eigenvalue weighted by Crippen LogP contribution is 2.25. The van der Waals surface area contributed by atoms with Gasteiger partial charge in [-0.1, -0.05) is 18.2 Å². The second kappa shape index (κ2) is 11.1. The van der Waals surface area contributed by atoms with Crippen LogP contribution in [0.15, 0.2) is 54.0 Å². The molecule has 3 rings (SSSR count). The van der Waals surface area contributed by atoms with E-state index in [1.807, 2.05) is 36.6 Å². The number of nitrogens with zero attached hydrogens (tertiary/aromatic N) is 1. The van der Waals surface area contributed by atoms with Crippen molar-refractivity contribution in [3.8, 4) is 16.3 Å². The van der Waals surface area contributed by atoms with Crippen LogP contribution in [-0.2, 0) is 16.1 Å². The van der Waals surface area contributed by atoms with Gasteiger partial charge in [-0.2, -0.15) is 0 Å². The number of aromatic nitrogens is 1. The van der Waals surface area contributed by atoms with Crippen molar-refractivity contribution in [1.82, 2.24) is 10.3 Å². The van der Waals surface area contributed by atoms with Crippen LogP contribution in [0.3, 0.4) is 0 Å². The number of hydrogen-bond acceptors (Lipinski definition) is 7. The fourth-order valence-corrected chi connectivity index (χ4v) is 3.63. The molecular formula is C23H24N4O5S. The number of hydrogen-bond donors (Lipinski definition) is 3. The number of carbonyl (C=O) groups excluding carboxylic acids is 3. The summed E-state index contributed by atoms with van der Waals surface area (Å²) in [6.07, 6.45) is -0.393. The molecule has 3 amide bonds. The second-order valence-corrected chi connectivity index (χ2v) is 7.83. The maximum Gasteiger partial charge on any atom is 0.405 e. The Morgan fingerprint density at radius 2 is 2.00 bits per heavy atom. The minimum absolute atomic E-state index is 0.259. The molecule has 0 fully saturated rings. The van der Waals surface area contributed by atoms with Gasteiger partial charge >= 0.3 is 6.09 Å². The molecule has 0 spiro atoms. The molecule has 9 nitrogen and oxygen atoms in total. The van der Waals surface area contributed by atoms with E-state index in [9.17, 15) is 14.4 Å². The van der Waals surface area contributed by atoms with Crippen molar-refractivity contribution in [2.45, 2.75) is 26.5 Å². The number of anilines is 1. The Hall–Kier alpha value is -3.92.